The number of amides is 1. The van der Waals surface area contributed by atoms with Crippen LogP contribution in [0, 0.1) is 5.82 Å². The third-order valence-electron chi connectivity index (χ3n) is 7.33. The second-order valence-corrected chi connectivity index (χ2v) is 10.4. The minimum atomic E-state index is -2.60. The molecule has 2 saturated heterocycles. The van der Waals surface area contributed by atoms with Crippen LogP contribution >= 0.6 is 11.6 Å². The smallest absolute Gasteiger partial charge is 0.272 e. The number of nitrogens with one attached hydrogen (secondary N) is 4. The van der Waals surface area contributed by atoms with Crippen LogP contribution in [-0.4, -0.2) is 72.0 Å². The zero-order valence-electron chi connectivity index (χ0n) is 21.6. The quantitative estimate of drug-likeness (QED) is 0.332. The van der Waals surface area contributed by atoms with E-state index in [0.29, 0.717) is 25.3 Å². The van der Waals surface area contributed by atoms with Crippen molar-refractivity contribution in [2.75, 3.05) is 31.1 Å². The molecule has 2 aromatic rings. The molecule has 2 fully saturated rings. The topological polar surface area (TPSA) is 114 Å². The van der Waals surface area contributed by atoms with E-state index >= 15 is 0 Å². The van der Waals surface area contributed by atoms with E-state index in [1.54, 1.807) is 23.5 Å². The molecule has 10 nitrogen and oxygen atoms in total. The standard InChI is InChI=1S/C27H27ClF3N7O3/c28-18-2-1-3-19(29)24(18)27(40)34-20-6-7-37(12-21(20)39)23-5-4-14(9-32-23)16-8-15(41-13-22(30)31)11-38-25(16)17-10-33-35-26(17)36-38/h1-5,8-9,11,20-22,26,33,35-36,39H,6-7,10,12-13H2,(H,34,40)/t20-,21+,26?/m0/s1. The van der Waals surface area contributed by atoms with E-state index in [1.165, 1.54) is 12.1 Å². The third-order valence-corrected chi connectivity index (χ3v) is 7.65. The molecule has 0 spiro atoms. The van der Waals surface area contributed by atoms with Gasteiger partial charge in [0.2, 0.25) is 0 Å². The molecule has 5 heterocycles. The van der Waals surface area contributed by atoms with Crippen molar-refractivity contribution in [1.29, 1.82) is 0 Å². The number of nitrogens with zero attached hydrogens (tertiary/aromatic N) is 3. The first-order valence-corrected chi connectivity index (χ1v) is 13.4. The summed E-state index contributed by atoms with van der Waals surface area (Å²) in [5.74, 6) is -0.498. The number of ether oxygens (including phenoxy) is 1. The molecular formula is C27H27ClF3N7O3. The van der Waals surface area contributed by atoms with Crippen LogP contribution in [0.4, 0.5) is 19.0 Å². The van der Waals surface area contributed by atoms with Gasteiger partial charge in [-0.3, -0.25) is 15.2 Å². The minimum Gasteiger partial charge on any atom is -0.486 e. The molecule has 4 aliphatic heterocycles. The normalized spacial score (nSPS) is 23.8. The highest BCUT2D eigenvalue weighted by atomic mass is 35.5. The Morgan fingerprint density at radius 1 is 1.29 bits per heavy atom. The molecule has 0 aliphatic carbocycles. The number of carbonyl (C=O) groups is 1. The zero-order chi connectivity index (χ0) is 28.7. The number of aliphatic hydroxyl groups is 1. The van der Waals surface area contributed by atoms with E-state index in [-0.39, 0.29) is 29.1 Å². The van der Waals surface area contributed by atoms with Crippen molar-refractivity contribution in [3.05, 3.63) is 87.8 Å². The van der Waals surface area contributed by atoms with Crippen molar-refractivity contribution in [2.45, 2.75) is 31.2 Å². The van der Waals surface area contributed by atoms with Gasteiger partial charge in [0, 0.05) is 42.5 Å². The maximum atomic E-state index is 14.1. The monoisotopic (exact) mass is 589 g/mol. The van der Waals surface area contributed by atoms with E-state index in [1.807, 2.05) is 17.0 Å². The van der Waals surface area contributed by atoms with Crippen LogP contribution in [0.25, 0.3) is 5.57 Å². The first-order chi connectivity index (χ1) is 19.8. The molecular weight excluding hydrogens is 563 g/mol. The Balaban J connectivity index is 1.16. The maximum absolute atomic E-state index is 14.1. The van der Waals surface area contributed by atoms with E-state index in [9.17, 15) is 23.1 Å². The van der Waals surface area contributed by atoms with Gasteiger partial charge in [0.1, 0.15) is 30.2 Å². The number of anilines is 1. The highest BCUT2D eigenvalue weighted by Gasteiger charge is 2.38. The number of halogens is 4. The predicted octanol–water partition coefficient (Wildman–Crippen LogP) is 2.27. The molecule has 1 aromatic carbocycles. The first kappa shape index (κ1) is 27.5. The Morgan fingerprint density at radius 3 is 2.88 bits per heavy atom. The summed E-state index contributed by atoms with van der Waals surface area (Å²) in [6.07, 6.45) is 1.78. The number of alkyl halides is 2. The van der Waals surface area contributed by atoms with E-state index < -0.39 is 36.9 Å². The molecule has 14 heteroatoms. The summed E-state index contributed by atoms with van der Waals surface area (Å²) in [6, 6.07) is 7.11. The third kappa shape index (κ3) is 5.51. The van der Waals surface area contributed by atoms with Crippen LogP contribution in [0.2, 0.25) is 5.02 Å². The average molecular weight is 590 g/mol. The number of benzene rings is 1. The van der Waals surface area contributed by atoms with Gasteiger partial charge in [0.05, 0.1) is 34.6 Å². The molecule has 1 unspecified atom stereocenters. The Labute approximate surface area is 238 Å². The summed E-state index contributed by atoms with van der Waals surface area (Å²) < 4.78 is 45.1. The van der Waals surface area contributed by atoms with Crippen molar-refractivity contribution in [1.82, 2.24) is 31.6 Å². The predicted molar refractivity (Wildman–Crippen MR) is 145 cm³/mol. The number of carbonyl (C=O) groups excluding carboxylic acids is 1. The largest absolute Gasteiger partial charge is 0.486 e. The van der Waals surface area contributed by atoms with Gasteiger partial charge in [-0.2, -0.15) is 0 Å². The minimum absolute atomic E-state index is 0.000890. The molecule has 1 aromatic heterocycles. The van der Waals surface area contributed by atoms with Crippen molar-refractivity contribution in [2.24, 2.45) is 0 Å². The number of fused-ring (bicyclic) bond motifs is 2. The molecule has 4 aliphatic rings. The number of hydrogen-bond donors (Lipinski definition) is 5. The summed E-state index contributed by atoms with van der Waals surface area (Å²) in [4.78, 5) is 19.1. The lowest BCUT2D eigenvalue weighted by atomic mass is 9.97. The summed E-state index contributed by atoms with van der Waals surface area (Å²) in [7, 11) is 0. The van der Waals surface area contributed by atoms with Gasteiger partial charge in [-0.25, -0.2) is 29.0 Å². The summed E-state index contributed by atoms with van der Waals surface area (Å²) in [5, 5.41) is 15.2. The first-order valence-electron chi connectivity index (χ1n) is 13.0. The van der Waals surface area contributed by atoms with Crippen molar-refractivity contribution in [3.8, 4) is 0 Å². The van der Waals surface area contributed by atoms with E-state index in [0.717, 1.165) is 28.5 Å². The van der Waals surface area contributed by atoms with Gasteiger partial charge in [-0.15, -0.1) is 0 Å². The molecule has 216 valence electrons. The number of hydrazine groups is 2. The van der Waals surface area contributed by atoms with Gasteiger partial charge in [-0.05, 0) is 36.8 Å². The van der Waals surface area contributed by atoms with Gasteiger partial charge in [0.25, 0.3) is 12.3 Å². The SMILES string of the molecule is O=C(N[C@H]1CCN(c2ccc(C3=CC(OCC(F)F)=CN4NC5NNCC5=C34)cn2)C[C@H]1O)c1c(F)cccc1Cl. The molecule has 5 N–H and O–H groups in total. The van der Waals surface area contributed by atoms with Gasteiger partial charge >= 0.3 is 0 Å². The van der Waals surface area contributed by atoms with E-state index in [2.05, 4.69) is 26.6 Å². The molecule has 0 saturated carbocycles. The van der Waals surface area contributed by atoms with E-state index in [4.69, 9.17) is 16.3 Å². The number of allylic oxidation sites excluding steroid dienone is 2. The van der Waals surface area contributed by atoms with Crippen molar-refractivity contribution in [3.63, 3.8) is 0 Å². The number of β-amino-alcohol motifs (C(OH)–C–C–N with tert-alkyl or cyclic N) is 1. The van der Waals surface area contributed by atoms with Crippen LogP contribution in [0.15, 0.2) is 65.8 Å². The molecule has 0 radical (unpaired) electrons. The maximum Gasteiger partial charge on any atom is 0.272 e. The number of aromatic nitrogens is 1. The second kappa shape index (κ2) is 11.3. The number of hydrogen-bond acceptors (Lipinski definition) is 9. The van der Waals surface area contributed by atoms with Crippen LogP contribution < -0.4 is 26.5 Å². The van der Waals surface area contributed by atoms with Gasteiger partial charge < -0.3 is 20.1 Å². The van der Waals surface area contributed by atoms with Gasteiger partial charge in [0.15, 0.2) is 0 Å². The number of pyridine rings is 1. The average Bonchev–Trinajstić information content (AvgIpc) is 3.54. The van der Waals surface area contributed by atoms with Gasteiger partial charge in [-0.1, -0.05) is 17.7 Å². The number of rotatable bonds is 7. The Morgan fingerprint density at radius 2 is 2.15 bits per heavy atom. The molecule has 41 heavy (non-hydrogen) atoms. The highest BCUT2D eigenvalue weighted by molar-refractivity contribution is 6.33. The zero-order valence-corrected chi connectivity index (χ0v) is 22.3. The Hall–Kier alpha value is -3.62. The fourth-order valence-electron chi connectivity index (χ4n) is 5.36. The van der Waals surface area contributed by atoms with Crippen molar-refractivity contribution < 1.29 is 27.8 Å². The lowest BCUT2D eigenvalue weighted by Crippen LogP contribution is -2.54. The fourth-order valence-corrected chi connectivity index (χ4v) is 5.61. The van der Waals surface area contributed by atoms with Crippen LogP contribution in [0.5, 0.6) is 0 Å². The molecule has 0 bridgehead atoms. The van der Waals surface area contributed by atoms with Crippen LogP contribution in [0.3, 0.4) is 0 Å². The summed E-state index contributed by atoms with van der Waals surface area (Å²) in [6.45, 7) is 0.565. The number of aliphatic hydroxyl groups excluding tert-OH is 1. The molecule has 3 atom stereocenters. The molecule has 1 amide bonds. The lowest BCUT2D eigenvalue weighted by molar-refractivity contribution is 0.0505. The number of piperidine rings is 1. The molecule has 6 rings (SSSR count). The summed E-state index contributed by atoms with van der Waals surface area (Å²) >= 11 is 6.00. The Bertz CT molecular complexity index is 1420. The van der Waals surface area contributed by atoms with Crippen LogP contribution in [0.1, 0.15) is 22.3 Å². The Kier molecular flexibility index (Phi) is 7.62. The lowest BCUT2D eigenvalue weighted by Gasteiger charge is -2.37. The van der Waals surface area contributed by atoms with Crippen LogP contribution in [-0.2, 0) is 4.74 Å². The highest BCUT2D eigenvalue weighted by Crippen LogP contribution is 2.38. The fraction of sp³-hybridized carbons (Fsp3) is 0.333. The van der Waals surface area contributed by atoms with Crippen molar-refractivity contribution >= 4 is 28.9 Å². The second-order valence-electron chi connectivity index (χ2n) is 9.98. The summed E-state index contributed by atoms with van der Waals surface area (Å²) in [5.41, 5.74) is 12.7.